The molecule has 2 rings (SSSR count). The van der Waals surface area contributed by atoms with Crippen molar-refractivity contribution >= 4 is 18.3 Å². The van der Waals surface area contributed by atoms with Crippen molar-refractivity contribution in [1.82, 2.24) is 10.6 Å². The highest BCUT2D eigenvalue weighted by Gasteiger charge is 2.20. The van der Waals surface area contributed by atoms with Gasteiger partial charge >= 0.3 is 0 Å². The van der Waals surface area contributed by atoms with Crippen LogP contribution < -0.4 is 15.4 Å². The molecule has 1 aromatic carbocycles. The molecule has 0 aliphatic carbocycles. The maximum absolute atomic E-state index is 12.0. The third-order valence-corrected chi connectivity index (χ3v) is 4.11. The van der Waals surface area contributed by atoms with E-state index < -0.39 is 0 Å². The van der Waals surface area contributed by atoms with Crippen LogP contribution in [0, 0.1) is 5.92 Å². The second kappa shape index (κ2) is 11.3. The van der Waals surface area contributed by atoms with Gasteiger partial charge in [0.2, 0.25) is 5.91 Å². The quantitative estimate of drug-likeness (QED) is 0.715. The first-order chi connectivity index (χ1) is 10.8. The Morgan fingerprint density at radius 2 is 1.96 bits per heavy atom. The van der Waals surface area contributed by atoms with Crippen molar-refractivity contribution in [3.05, 3.63) is 29.8 Å². The van der Waals surface area contributed by atoms with Crippen LogP contribution in [0.1, 0.15) is 38.2 Å². The zero-order valence-corrected chi connectivity index (χ0v) is 14.8. The smallest absolute Gasteiger partial charge is 0.223 e. The molecular weight excluding hydrogens is 312 g/mol. The van der Waals surface area contributed by atoms with Gasteiger partial charge in [0.1, 0.15) is 5.75 Å². The summed E-state index contributed by atoms with van der Waals surface area (Å²) >= 11 is 0. The fraction of sp³-hybridized carbons (Fsp3) is 0.611. The second-order valence-electron chi connectivity index (χ2n) is 5.91. The number of ether oxygens (including phenoxy) is 1. The van der Waals surface area contributed by atoms with Crippen LogP contribution >= 0.6 is 12.4 Å². The predicted molar refractivity (Wildman–Crippen MR) is 96.4 cm³/mol. The van der Waals surface area contributed by atoms with Gasteiger partial charge in [-0.2, -0.15) is 0 Å². The fourth-order valence-electron chi connectivity index (χ4n) is 2.65. The van der Waals surface area contributed by atoms with E-state index in [1.54, 1.807) is 0 Å². The fourth-order valence-corrected chi connectivity index (χ4v) is 2.65. The topological polar surface area (TPSA) is 50.4 Å². The molecule has 0 bridgehead atoms. The summed E-state index contributed by atoms with van der Waals surface area (Å²) in [5.74, 6) is 1.33. The van der Waals surface area contributed by atoms with Gasteiger partial charge in [-0.25, -0.2) is 0 Å². The molecule has 5 heteroatoms. The van der Waals surface area contributed by atoms with Crippen LogP contribution in [0.15, 0.2) is 24.3 Å². The Morgan fingerprint density at radius 1 is 1.26 bits per heavy atom. The zero-order valence-electron chi connectivity index (χ0n) is 14.0. The Bertz CT molecular complexity index is 445. The summed E-state index contributed by atoms with van der Waals surface area (Å²) in [6.45, 7) is 5.56. The van der Waals surface area contributed by atoms with Crippen molar-refractivity contribution in [3.8, 4) is 5.75 Å². The van der Waals surface area contributed by atoms with E-state index in [0.717, 1.165) is 57.6 Å². The van der Waals surface area contributed by atoms with Crippen molar-refractivity contribution in [2.45, 2.75) is 39.0 Å². The third-order valence-electron chi connectivity index (χ3n) is 4.11. The standard InChI is InChI=1S/C18H28N2O2.ClH/c1-2-3-14-22-17-6-4-15(5-7-17)8-13-20-18(21)16-9-11-19-12-10-16;/h4-7,16,19H,2-3,8-14H2,1H3,(H,20,21);1H. The number of unbranched alkanes of at least 4 members (excludes halogenated alkanes) is 1. The molecule has 23 heavy (non-hydrogen) atoms. The van der Waals surface area contributed by atoms with Gasteiger partial charge in [0.25, 0.3) is 0 Å². The van der Waals surface area contributed by atoms with E-state index >= 15 is 0 Å². The minimum atomic E-state index is 0. The van der Waals surface area contributed by atoms with Gasteiger partial charge in [-0.05, 0) is 56.5 Å². The molecule has 0 radical (unpaired) electrons. The van der Waals surface area contributed by atoms with Gasteiger partial charge < -0.3 is 15.4 Å². The van der Waals surface area contributed by atoms with Crippen molar-refractivity contribution in [2.75, 3.05) is 26.2 Å². The lowest BCUT2D eigenvalue weighted by atomic mass is 9.97. The Kier molecular flexibility index (Phi) is 9.72. The average molecular weight is 341 g/mol. The van der Waals surface area contributed by atoms with Crippen LogP contribution in [0.3, 0.4) is 0 Å². The molecule has 2 N–H and O–H groups in total. The molecule has 1 aliphatic rings. The second-order valence-corrected chi connectivity index (χ2v) is 5.91. The van der Waals surface area contributed by atoms with E-state index in [-0.39, 0.29) is 24.2 Å². The zero-order chi connectivity index (χ0) is 15.6. The van der Waals surface area contributed by atoms with Crippen LogP contribution in [0.25, 0.3) is 0 Å². The molecule has 1 aromatic rings. The van der Waals surface area contributed by atoms with Crippen molar-refractivity contribution in [1.29, 1.82) is 0 Å². The van der Waals surface area contributed by atoms with Gasteiger partial charge in [-0.3, -0.25) is 4.79 Å². The number of rotatable bonds is 8. The molecule has 1 amide bonds. The summed E-state index contributed by atoms with van der Waals surface area (Å²) in [5.41, 5.74) is 1.23. The van der Waals surface area contributed by atoms with E-state index in [9.17, 15) is 4.79 Å². The number of hydrogen-bond acceptors (Lipinski definition) is 3. The van der Waals surface area contributed by atoms with Gasteiger partial charge in [-0.15, -0.1) is 12.4 Å². The van der Waals surface area contributed by atoms with Crippen molar-refractivity contribution in [2.24, 2.45) is 5.92 Å². The third kappa shape index (κ3) is 7.23. The summed E-state index contributed by atoms with van der Waals surface area (Å²) in [5, 5.41) is 6.34. The average Bonchev–Trinajstić information content (AvgIpc) is 2.57. The van der Waals surface area contributed by atoms with Crippen LogP contribution in [0.4, 0.5) is 0 Å². The molecule has 130 valence electrons. The van der Waals surface area contributed by atoms with Crippen molar-refractivity contribution in [3.63, 3.8) is 0 Å². The maximum atomic E-state index is 12.0. The van der Waals surface area contributed by atoms with Crippen LogP contribution in [-0.2, 0) is 11.2 Å². The Labute approximate surface area is 145 Å². The molecule has 1 aliphatic heterocycles. The highest BCUT2D eigenvalue weighted by Crippen LogP contribution is 2.14. The number of nitrogens with one attached hydrogen (secondary N) is 2. The number of carbonyl (C=O) groups is 1. The summed E-state index contributed by atoms with van der Waals surface area (Å²) < 4.78 is 5.65. The molecular formula is C18H29ClN2O2. The Morgan fingerprint density at radius 3 is 2.61 bits per heavy atom. The molecule has 0 saturated carbocycles. The van der Waals surface area contributed by atoms with E-state index in [0.29, 0.717) is 6.54 Å². The van der Waals surface area contributed by atoms with Crippen molar-refractivity contribution < 1.29 is 9.53 Å². The molecule has 0 spiro atoms. The summed E-state index contributed by atoms with van der Waals surface area (Å²) in [6.07, 6.45) is 5.01. The van der Waals surface area contributed by atoms with Gasteiger partial charge in [-0.1, -0.05) is 25.5 Å². The molecule has 4 nitrogen and oxygen atoms in total. The highest BCUT2D eigenvalue weighted by molar-refractivity contribution is 5.85. The first-order valence-corrected chi connectivity index (χ1v) is 8.49. The largest absolute Gasteiger partial charge is 0.494 e. The first-order valence-electron chi connectivity index (χ1n) is 8.49. The van der Waals surface area contributed by atoms with E-state index in [1.165, 1.54) is 5.56 Å². The highest BCUT2D eigenvalue weighted by atomic mass is 35.5. The minimum absolute atomic E-state index is 0. The van der Waals surface area contributed by atoms with Gasteiger partial charge in [0.15, 0.2) is 0 Å². The van der Waals surface area contributed by atoms with E-state index in [2.05, 4.69) is 29.7 Å². The van der Waals surface area contributed by atoms with Crippen LogP contribution in [0.2, 0.25) is 0 Å². The van der Waals surface area contributed by atoms with Gasteiger partial charge in [0, 0.05) is 12.5 Å². The van der Waals surface area contributed by atoms with Gasteiger partial charge in [0.05, 0.1) is 6.61 Å². The predicted octanol–water partition coefficient (Wildman–Crippen LogP) is 2.95. The number of halogens is 1. The summed E-state index contributed by atoms with van der Waals surface area (Å²) in [7, 11) is 0. The number of piperidine rings is 1. The minimum Gasteiger partial charge on any atom is -0.494 e. The molecule has 0 unspecified atom stereocenters. The van der Waals surface area contributed by atoms with E-state index in [1.807, 2.05) is 12.1 Å². The summed E-state index contributed by atoms with van der Waals surface area (Å²) in [4.78, 5) is 12.0. The number of hydrogen-bond donors (Lipinski definition) is 2. The lowest BCUT2D eigenvalue weighted by Gasteiger charge is -2.21. The van der Waals surface area contributed by atoms with Crippen LogP contribution in [-0.4, -0.2) is 32.1 Å². The molecule has 1 saturated heterocycles. The molecule has 0 aromatic heterocycles. The first kappa shape index (κ1) is 19.8. The molecule has 1 heterocycles. The lowest BCUT2D eigenvalue weighted by Crippen LogP contribution is -2.38. The normalized spacial score (nSPS) is 14.8. The Hall–Kier alpha value is -1.26. The number of benzene rings is 1. The SMILES string of the molecule is CCCCOc1ccc(CCNC(=O)C2CCNCC2)cc1.Cl. The number of amides is 1. The van der Waals surface area contributed by atoms with Crippen LogP contribution in [0.5, 0.6) is 5.75 Å². The maximum Gasteiger partial charge on any atom is 0.223 e. The number of carbonyl (C=O) groups excluding carboxylic acids is 1. The van der Waals surface area contributed by atoms with E-state index in [4.69, 9.17) is 4.74 Å². The lowest BCUT2D eigenvalue weighted by molar-refractivity contribution is -0.125. The molecule has 1 fully saturated rings. The summed E-state index contributed by atoms with van der Waals surface area (Å²) in [6, 6.07) is 8.19. The molecule has 0 atom stereocenters. The monoisotopic (exact) mass is 340 g/mol. The Balaban J connectivity index is 0.00000264.